The average Bonchev–Trinajstić information content (AvgIpc) is 2.33. The first-order chi connectivity index (χ1) is 7.84. The Balaban J connectivity index is 1.69. The summed E-state index contributed by atoms with van der Waals surface area (Å²) in [7, 11) is 0. The van der Waals surface area contributed by atoms with Gasteiger partial charge >= 0.3 is 6.01 Å². The zero-order valence-electron chi connectivity index (χ0n) is 9.16. The zero-order chi connectivity index (χ0) is 11.2. The number of nitrogens with zero attached hydrogens (tertiary/aromatic N) is 2. The van der Waals surface area contributed by atoms with Gasteiger partial charge in [-0.3, -0.25) is 0 Å². The highest BCUT2D eigenvalue weighted by Gasteiger charge is 2.12. The molecule has 1 aromatic heterocycles. The minimum absolute atomic E-state index is 0.247. The maximum atomic E-state index is 12.5. The Morgan fingerprint density at radius 2 is 2.19 bits per heavy atom. The van der Waals surface area contributed by atoms with Crippen LogP contribution in [-0.2, 0) is 0 Å². The van der Waals surface area contributed by atoms with Crippen LogP contribution >= 0.6 is 0 Å². The zero-order valence-corrected chi connectivity index (χ0v) is 9.16. The van der Waals surface area contributed by atoms with E-state index in [4.69, 9.17) is 4.74 Å². The predicted octanol–water partition coefficient (Wildman–Crippen LogP) is 1.53. The minimum Gasteiger partial charge on any atom is -0.463 e. The van der Waals surface area contributed by atoms with Crippen molar-refractivity contribution >= 4 is 0 Å². The van der Waals surface area contributed by atoms with Crippen LogP contribution in [0.5, 0.6) is 6.01 Å². The monoisotopic (exact) mass is 225 g/mol. The van der Waals surface area contributed by atoms with Gasteiger partial charge in [-0.05, 0) is 25.8 Å². The molecule has 0 bridgehead atoms. The molecule has 0 saturated carbocycles. The smallest absolute Gasteiger partial charge is 0.316 e. The maximum Gasteiger partial charge on any atom is 0.316 e. The Hall–Kier alpha value is -1.23. The molecule has 1 N–H and O–H groups in total. The summed E-state index contributed by atoms with van der Waals surface area (Å²) in [6.07, 6.45) is 6.92. The first kappa shape index (κ1) is 11.3. The number of piperidine rings is 1. The molecule has 1 aliphatic heterocycles. The first-order valence-corrected chi connectivity index (χ1v) is 5.68. The molecule has 0 unspecified atom stereocenters. The molecule has 2 rings (SSSR count). The fourth-order valence-corrected chi connectivity index (χ4v) is 1.84. The van der Waals surface area contributed by atoms with Gasteiger partial charge in [0, 0.05) is 6.04 Å². The predicted molar refractivity (Wildman–Crippen MR) is 57.7 cm³/mol. The lowest BCUT2D eigenvalue weighted by atomic mass is 10.0. The molecule has 2 heterocycles. The number of hydrogen-bond donors (Lipinski definition) is 1. The van der Waals surface area contributed by atoms with E-state index in [0.717, 1.165) is 25.4 Å². The normalized spacial score (nSPS) is 20.7. The van der Waals surface area contributed by atoms with Crippen LogP contribution in [0.25, 0.3) is 0 Å². The molecule has 0 radical (unpaired) electrons. The van der Waals surface area contributed by atoms with E-state index >= 15 is 0 Å². The number of halogens is 1. The molecule has 16 heavy (non-hydrogen) atoms. The Morgan fingerprint density at radius 3 is 2.88 bits per heavy atom. The molecule has 0 aliphatic carbocycles. The Bertz CT molecular complexity index is 312. The summed E-state index contributed by atoms with van der Waals surface area (Å²) in [5.74, 6) is -0.443. The van der Waals surface area contributed by atoms with Crippen LogP contribution in [0.3, 0.4) is 0 Å². The highest BCUT2D eigenvalue weighted by molar-refractivity contribution is 4.95. The lowest BCUT2D eigenvalue weighted by Gasteiger charge is -2.22. The topological polar surface area (TPSA) is 47.0 Å². The molecule has 1 atom stereocenters. The van der Waals surface area contributed by atoms with Gasteiger partial charge in [0.05, 0.1) is 19.0 Å². The lowest BCUT2D eigenvalue weighted by Crippen LogP contribution is -2.35. The third-order valence-corrected chi connectivity index (χ3v) is 2.71. The lowest BCUT2D eigenvalue weighted by molar-refractivity contribution is 0.251. The van der Waals surface area contributed by atoms with Crippen molar-refractivity contribution in [2.45, 2.75) is 31.7 Å². The quantitative estimate of drug-likeness (QED) is 0.844. The van der Waals surface area contributed by atoms with Crippen LogP contribution in [0.15, 0.2) is 12.4 Å². The van der Waals surface area contributed by atoms with Crippen LogP contribution < -0.4 is 10.1 Å². The van der Waals surface area contributed by atoms with Crippen molar-refractivity contribution in [2.24, 2.45) is 0 Å². The molecule has 0 aromatic carbocycles. The van der Waals surface area contributed by atoms with Gasteiger partial charge in [-0.15, -0.1) is 0 Å². The molecule has 1 saturated heterocycles. The van der Waals surface area contributed by atoms with Crippen LogP contribution in [0, 0.1) is 5.82 Å². The Kier molecular flexibility index (Phi) is 4.04. The number of ether oxygens (including phenoxy) is 1. The molecule has 0 spiro atoms. The summed E-state index contributed by atoms with van der Waals surface area (Å²) in [4.78, 5) is 7.46. The van der Waals surface area contributed by atoms with E-state index in [-0.39, 0.29) is 6.01 Å². The summed E-state index contributed by atoms with van der Waals surface area (Å²) in [6.45, 7) is 1.67. The van der Waals surface area contributed by atoms with Gasteiger partial charge in [-0.1, -0.05) is 6.42 Å². The molecule has 88 valence electrons. The van der Waals surface area contributed by atoms with Gasteiger partial charge in [-0.2, -0.15) is 0 Å². The van der Waals surface area contributed by atoms with E-state index in [1.807, 2.05) is 0 Å². The van der Waals surface area contributed by atoms with Crippen LogP contribution in [0.1, 0.15) is 25.7 Å². The SMILES string of the molecule is Fc1cnc(OCC[C@H]2CCCCN2)nc1. The van der Waals surface area contributed by atoms with Gasteiger partial charge < -0.3 is 10.1 Å². The summed E-state index contributed by atoms with van der Waals surface area (Å²) in [6, 6.07) is 0.784. The fourth-order valence-electron chi connectivity index (χ4n) is 1.84. The van der Waals surface area contributed by atoms with Crippen molar-refractivity contribution < 1.29 is 9.13 Å². The van der Waals surface area contributed by atoms with Gasteiger partial charge in [0.1, 0.15) is 0 Å². The van der Waals surface area contributed by atoms with Crippen LogP contribution in [-0.4, -0.2) is 29.2 Å². The first-order valence-electron chi connectivity index (χ1n) is 5.68. The number of nitrogens with one attached hydrogen (secondary N) is 1. The molecule has 4 nitrogen and oxygen atoms in total. The second-order valence-corrected chi connectivity index (χ2v) is 3.97. The van der Waals surface area contributed by atoms with E-state index in [2.05, 4.69) is 15.3 Å². The van der Waals surface area contributed by atoms with E-state index in [1.54, 1.807) is 0 Å². The van der Waals surface area contributed by atoms with E-state index in [9.17, 15) is 4.39 Å². The third-order valence-electron chi connectivity index (χ3n) is 2.71. The minimum atomic E-state index is -0.443. The maximum absolute atomic E-state index is 12.5. The third kappa shape index (κ3) is 3.41. The van der Waals surface area contributed by atoms with E-state index in [0.29, 0.717) is 12.6 Å². The van der Waals surface area contributed by atoms with Crippen molar-refractivity contribution in [3.05, 3.63) is 18.2 Å². The fraction of sp³-hybridized carbons (Fsp3) is 0.636. The summed E-state index contributed by atoms with van der Waals surface area (Å²) < 4.78 is 17.8. The summed E-state index contributed by atoms with van der Waals surface area (Å²) in [5, 5.41) is 3.43. The van der Waals surface area contributed by atoms with Crippen molar-refractivity contribution in [3.63, 3.8) is 0 Å². The molecule has 0 amide bonds. The standard InChI is InChI=1S/C11H16FN3O/c12-9-7-14-11(15-8-9)16-6-4-10-3-1-2-5-13-10/h7-8,10,13H,1-6H2/t10-/m1/s1. The highest BCUT2D eigenvalue weighted by Crippen LogP contribution is 2.10. The van der Waals surface area contributed by atoms with Crippen molar-refractivity contribution in [3.8, 4) is 6.01 Å². The molecule has 1 aliphatic rings. The van der Waals surface area contributed by atoms with Gasteiger partial charge in [0.15, 0.2) is 5.82 Å². The van der Waals surface area contributed by atoms with Crippen LogP contribution in [0.4, 0.5) is 4.39 Å². The van der Waals surface area contributed by atoms with Crippen molar-refractivity contribution in [2.75, 3.05) is 13.2 Å². The van der Waals surface area contributed by atoms with Gasteiger partial charge in [0.25, 0.3) is 0 Å². The average molecular weight is 225 g/mol. The van der Waals surface area contributed by atoms with Crippen LogP contribution in [0.2, 0.25) is 0 Å². The van der Waals surface area contributed by atoms with Gasteiger partial charge in [-0.25, -0.2) is 14.4 Å². The molecular weight excluding hydrogens is 209 g/mol. The summed E-state index contributed by atoms with van der Waals surface area (Å²) in [5.41, 5.74) is 0. The molecular formula is C11H16FN3O. The highest BCUT2D eigenvalue weighted by atomic mass is 19.1. The summed E-state index contributed by atoms with van der Waals surface area (Å²) >= 11 is 0. The van der Waals surface area contributed by atoms with E-state index in [1.165, 1.54) is 19.3 Å². The number of hydrogen-bond acceptors (Lipinski definition) is 4. The van der Waals surface area contributed by atoms with Crippen molar-refractivity contribution in [1.29, 1.82) is 0 Å². The Labute approximate surface area is 94.2 Å². The molecule has 1 fully saturated rings. The molecule has 5 heteroatoms. The second kappa shape index (κ2) is 5.75. The van der Waals surface area contributed by atoms with Crippen molar-refractivity contribution in [1.82, 2.24) is 15.3 Å². The second-order valence-electron chi connectivity index (χ2n) is 3.97. The number of aromatic nitrogens is 2. The Morgan fingerprint density at radius 1 is 1.38 bits per heavy atom. The molecule has 1 aromatic rings. The largest absolute Gasteiger partial charge is 0.463 e. The number of rotatable bonds is 4. The van der Waals surface area contributed by atoms with E-state index < -0.39 is 5.82 Å². The van der Waals surface area contributed by atoms with Gasteiger partial charge in [0.2, 0.25) is 0 Å².